The molecule has 2 rings (SSSR count). The van der Waals surface area contributed by atoms with Crippen LogP contribution < -0.4 is 5.32 Å². The van der Waals surface area contributed by atoms with Crippen LogP contribution in [0.5, 0.6) is 0 Å². The number of pyridine rings is 1. The molecule has 0 saturated heterocycles. The monoisotopic (exact) mass is 294 g/mol. The van der Waals surface area contributed by atoms with Gasteiger partial charge in [0.2, 0.25) is 0 Å². The van der Waals surface area contributed by atoms with Gasteiger partial charge in [-0.15, -0.1) is 0 Å². The van der Waals surface area contributed by atoms with E-state index in [-0.39, 0.29) is 5.54 Å². The smallest absolute Gasteiger partial charge is 0.0739 e. The molecule has 1 aromatic heterocycles. The van der Waals surface area contributed by atoms with E-state index in [2.05, 4.69) is 75.8 Å². The summed E-state index contributed by atoms with van der Waals surface area (Å²) in [5.41, 5.74) is 5.50. The molecule has 1 N–H and O–H groups in total. The lowest BCUT2D eigenvalue weighted by molar-refractivity contribution is 0.585. The minimum absolute atomic E-state index is 0.254. The zero-order valence-corrected chi connectivity index (χ0v) is 14.3. The van der Waals surface area contributed by atoms with Crippen LogP contribution in [0.4, 0.5) is 5.69 Å². The minimum atomic E-state index is -0.254. The highest BCUT2D eigenvalue weighted by Crippen LogP contribution is 2.35. The number of aromatic nitrogens is 1. The molecule has 0 spiro atoms. The van der Waals surface area contributed by atoms with Gasteiger partial charge in [0.1, 0.15) is 0 Å². The lowest BCUT2D eigenvalue weighted by Crippen LogP contribution is -2.30. The number of hydrogen-bond donors (Lipinski definition) is 1. The first-order valence-corrected chi connectivity index (χ1v) is 7.81. The van der Waals surface area contributed by atoms with E-state index < -0.39 is 0 Å². The van der Waals surface area contributed by atoms with Gasteiger partial charge >= 0.3 is 0 Å². The maximum Gasteiger partial charge on any atom is 0.0739 e. The molecule has 2 nitrogen and oxygen atoms in total. The van der Waals surface area contributed by atoms with Crippen molar-refractivity contribution in [1.82, 2.24) is 4.98 Å². The molecule has 2 aromatic rings. The third kappa shape index (κ3) is 3.38. The number of rotatable bonds is 5. The molecule has 22 heavy (non-hydrogen) atoms. The van der Waals surface area contributed by atoms with Crippen LogP contribution >= 0.6 is 0 Å². The fourth-order valence-corrected chi connectivity index (χ4v) is 2.66. The largest absolute Gasteiger partial charge is 0.374 e. The summed E-state index contributed by atoms with van der Waals surface area (Å²) < 4.78 is 0. The third-order valence-electron chi connectivity index (χ3n) is 3.92. The van der Waals surface area contributed by atoms with Crippen molar-refractivity contribution in [1.29, 1.82) is 0 Å². The van der Waals surface area contributed by atoms with Gasteiger partial charge in [0.05, 0.1) is 11.2 Å². The fraction of sp³-hybridized carbons (Fsp3) is 0.350. The van der Waals surface area contributed by atoms with Crippen molar-refractivity contribution in [2.24, 2.45) is 0 Å². The summed E-state index contributed by atoms with van der Waals surface area (Å²) >= 11 is 0. The van der Waals surface area contributed by atoms with Crippen molar-refractivity contribution in [3.8, 4) is 0 Å². The third-order valence-corrected chi connectivity index (χ3v) is 3.92. The molecular weight excluding hydrogens is 268 g/mol. The van der Waals surface area contributed by atoms with E-state index in [0.717, 1.165) is 11.3 Å². The van der Waals surface area contributed by atoms with Crippen LogP contribution in [0.1, 0.15) is 57.4 Å². The summed E-state index contributed by atoms with van der Waals surface area (Å²) in [6, 6.07) is 12.5. The van der Waals surface area contributed by atoms with Gasteiger partial charge in [-0.3, -0.25) is 4.98 Å². The Kier molecular flexibility index (Phi) is 4.70. The van der Waals surface area contributed by atoms with Crippen LogP contribution in [-0.2, 0) is 5.54 Å². The second kappa shape index (κ2) is 6.35. The number of nitrogens with one attached hydrogen (secondary N) is 1. The Morgan fingerprint density at radius 1 is 1.14 bits per heavy atom. The number of anilines is 1. The number of benzene rings is 1. The van der Waals surface area contributed by atoms with Crippen molar-refractivity contribution in [3.05, 3.63) is 66.0 Å². The van der Waals surface area contributed by atoms with E-state index in [4.69, 9.17) is 0 Å². The predicted molar refractivity (Wildman–Crippen MR) is 96.1 cm³/mol. The second-order valence-electron chi connectivity index (χ2n) is 6.67. The molecule has 116 valence electrons. The summed E-state index contributed by atoms with van der Waals surface area (Å²) in [4.78, 5) is 4.51. The van der Waals surface area contributed by atoms with Gasteiger partial charge in [-0.05, 0) is 50.0 Å². The van der Waals surface area contributed by atoms with Gasteiger partial charge in [-0.2, -0.15) is 0 Å². The highest BCUT2D eigenvalue weighted by molar-refractivity contribution is 5.77. The van der Waals surface area contributed by atoms with Gasteiger partial charge in [0.25, 0.3) is 0 Å². The predicted octanol–water partition coefficient (Wildman–Crippen LogP) is 5.59. The standard InChI is InChI=1S/C20H26N2/c1-14(2)16-10-9-11-17(15(3)4)19(16)22-20(5,6)18-12-7-8-13-21-18/h7-13,15,22H,1H2,2-6H3. The molecule has 0 radical (unpaired) electrons. The van der Waals surface area contributed by atoms with Crippen molar-refractivity contribution >= 4 is 11.3 Å². The first kappa shape index (κ1) is 16.3. The van der Waals surface area contributed by atoms with E-state index >= 15 is 0 Å². The van der Waals surface area contributed by atoms with Crippen LogP contribution in [0, 0.1) is 0 Å². The van der Waals surface area contributed by atoms with Crippen LogP contribution in [0.25, 0.3) is 5.57 Å². The van der Waals surface area contributed by atoms with E-state index in [1.165, 1.54) is 16.8 Å². The molecule has 0 aliphatic rings. The van der Waals surface area contributed by atoms with Gasteiger partial charge in [-0.1, -0.05) is 44.7 Å². The lowest BCUT2D eigenvalue weighted by atomic mass is 9.92. The first-order chi connectivity index (χ1) is 10.3. The zero-order valence-electron chi connectivity index (χ0n) is 14.3. The van der Waals surface area contributed by atoms with Gasteiger partial charge in [0, 0.05) is 17.4 Å². The minimum Gasteiger partial charge on any atom is -0.374 e. The van der Waals surface area contributed by atoms with E-state index in [1.807, 2.05) is 18.3 Å². The molecule has 0 aliphatic heterocycles. The van der Waals surface area contributed by atoms with E-state index in [1.54, 1.807) is 0 Å². The van der Waals surface area contributed by atoms with Crippen molar-refractivity contribution < 1.29 is 0 Å². The number of para-hydroxylation sites is 1. The Balaban J connectivity index is 2.50. The SMILES string of the molecule is C=C(C)c1cccc(C(C)C)c1NC(C)(C)c1ccccn1. The Morgan fingerprint density at radius 2 is 1.86 bits per heavy atom. The highest BCUT2D eigenvalue weighted by atomic mass is 15.0. The average Bonchev–Trinajstić information content (AvgIpc) is 2.47. The Bertz CT molecular complexity index is 655. The van der Waals surface area contributed by atoms with Crippen molar-refractivity contribution in [3.63, 3.8) is 0 Å². The lowest BCUT2D eigenvalue weighted by Gasteiger charge is -2.30. The molecule has 2 heteroatoms. The number of allylic oxidation sites excluding steroid dienone is 1. The van der Waals surface area contributed by atoms with E-state index in [0.29, 0.717) is 5.92 Å². The first-order valence-electron chi connectivity index (χ1n) is 7.81. The van der Waals surface area contributed by atoms with Crippen LogP contribution in [-0.4, -0.2) is 4.98 Å². The normalized spacial score (nSPS) is 11.5. The maximum absolute atomic E-state index is 4.51. The fourth-order valence-electron chi connectivity index (χ4n) is 2.66. The van der Waals surface area contributed by atoms with Crippen LogP contribution in [0.2, 0.25) is 0 Å². The van der Waals surface area contributed by atoms with Crippen LogP contribution in [0.15, 0.2) is 49.2 Å². The number of hydrogen-bond acceptors (Lipinski definition) is 2. The topological polar surface area (TPSA) is 24.9 Å². The molecule has 0 amide bonds. The van der Waals surface area contributed by atoms with Crippen molar-refractivity contribution in [2.75, 3.05) is 5.32 Å². The highest BCUT2D eigenvalue weighted by Gasteiger charge is 2.24. The average molecular weight is 294 g/mol. The molecule has 1 aromatic carbocycles. The zero-order chi connectivity index (χ0) is 16.3. The Morgan fingerprint density at radius 3 is 2.41 bits per heavy atom. The maximum atomic E-state index is 4.51. The number of nitrogens with zero attached hydrogens (tertiary/aromatic N) is 1. The molecule has 0 aliphatic carbocycles. The summed E-state index contributed by atoms with van der Waals surface area (Å²) in [6.45, 7) is 14.9. The molecule has 0 atom stereocenters. The molecule has 0 bridgehead atoms. The molecular formula is C20H26N2. The summed E-state index contributed by atoms with van der Waals surface area (Å²) in [5, 5.41) is 3.71. The van der Waals surface area contributed by atoms with Gasteiger partial charge < -0.3 is 5.32 Å². The summed E-state index contributed by atoms with van der Waals surface area (Å²) in [6.07, 6.45) is 1.84. The molecule has 0 unspecified atom stereocenters. The second-order valence-corrected chi connectivity index (χ2v) is 6.67. The summed E-state index contributed by atoms with van der Waals surface area (Å²) in [7, 11) is 0. The Hall–Kier alpha value is -2.09. The van der Waals surface area contributed by atoms with Gasteiger partial charge in [0.15, 0.2) is 0 Å². The molecule has 1 heterocycles. The van der Waals surface area contributed by atoms with Gasteiger partial charge in [-0.25, -0.2) is 0 Å². The molecule has 0 fully saturated rings. The van der Waals surface area contributed by atoms with E-state index in [9.17, 15) is 0 Å². The quantitative estimate of drug-likeness (QED) is 0.778. The molecule has 0 saturated carbocycles. The van der Waals surface area contributed by atoms with Crippen LogP contribution in [0.3, 0.4) is 0 Å². The summed E-state index contributed by atoms with van der Waals surface area (Å²) in [5.74, 6) is 0.446. The van der Waals surface area contributed by atoms with Crippen molar-refractivity contribution in [2.45, 2.75) is 46.1 Å². The Labute approximate surface area is 134 Å².